The second-order valence-electron chi connectivity index (χ2n) is 4.60. The molecule has 5 nitrogen and oxygen atoms in total. The van der Waals surface area contributed by atoms with Gasteiger partial charge in [-0.3, -0.25) is 4.79 Å². The summed E-state index contributed by atoms with van der Waals surface area (Å²) in [4.78, 5) is 12.3. The second kappa shape index (κ2) is 6.99. The summed E-state index contributed by atoms with van der Waals surface area (Å²) in [6.07, 6.45) is 0. The van der Waals surface area contributed by atoms with Gasteiger partial charge in [-0.15, -0.1) is 0 Å². The van der Waals surface area contributed by atoms with Gasteiger partial charge in [-0.2, -0.15) is 0 Å². The zero-order valence-electron chi connectivity index (χ0n) is 11.9. The van der Waals surface area contributed by atoms with Crippen LogP contribution in [-0.2, 0) is 0 Å². The van der Waals surface area contributed by atoms with E-state index in [4.69, 9.17) is 15.2 Å². The number of hydrogen-bond acceptors (Lipinski definition) is 4. The zero-order chi connectivity index (χ0) is 14.4. The van der Waals surface area contributed by atoms with Gasteiger partial charge in [0, 0.05) is 12.6 Å². The Morgan fingerprint density at radius 2 is 2.00 bits per heavy atom. The fourth-order valence-electron chi connectivity index (χ4n) is 1.81. The number of benzene rings is 1. The Labute approximate surface area is 114 Å². The van der Waals surface area contributed by atoms with Gasteiger partial charge in [0.05, 0.1) is 19.8 Å². The standard InChI is InChI=1S/C14H22N2O3/c1-9(2)11(8-15)16-14(17)10-6-5-7-12(18-3)13(10)19-4/h5-7,9,11H,8,15H2,1-4H3,(H,16,17). The van der Waals surface area contributed by atoms with E-state index in [0.29, 0.717) is 23.6 Å². The highest BCUT2D eigenvalue weighted by atomic mass is 16.5. The van der Waals surface area contributed by atoms with E-state index < -0.39 is 0 Å². The lowest BCUT2D eigenvalue weighted by atomic mass is 10.0. The maximum Gasteiger partial charge on any atom is 0.255 e. The molecule has 1 aromatic rings. The van der Waals surface area contributed by atoms with E-state index in [2.05, 4.69) is 5.32 Å². The van der Waals surface area contributed by atoms with Gasteiger partial charge in [-0.05, 0) is 18.1 Å². The predicted octanol–water partition coefficient (Wildman–Crippen LogP) is 1.42. The third-order valence-corrected chi connectivity index (χ3v) is 3.02. The van der Waals surface area contributed by atoms with Crippen LogP contribution >= 0.6 is 0 Å². The summed E-state index contributed by atoms with van der Waals surface area (Å²) in [6, 6.07) is 5.13. The van der Waals surface area contributed by atoms with E-state index >= 15 is 0 Å². The first-order valence-corrected chi connectivity index (χ1v) is 6.27. The number of hydrogen-bond donors (Lipinski definition) is 2. The second-order valence-corrected chi connectivity index (χ2v) is 4.60. The van der Waals surface area contributed by atoms with Crippen molar-refractivity contribution >= 4 is 5.91 Å². The molecule has 0 radical (unpaired) electrons. The molecule has 0 aliphatic rings. The van der Waals surface area contributed by atoms with Crippen LogP contribution in [-0.4, -0.2) is 32.7 Å². The molecule has 0 spiro atoms. The van der Waals surface area contributed by atoms with Gasteiger partial charge in [-0.1, -0.05) is 19.9 Å². The van der Waals surface area contributed by atoms with Crippen molar-refractivity contribution in [2.24, 2.45) is 11.7 Å². The number of methoxy groups -OCH3 is 2. The van der Waals surface area contributed by atoms with Crippen LogP contribution in [0.3, 0.4) is 0 Å². The first kappa shape index (κ1) is 15.3. The molecule has 1 unspecified atom stereocenters. The average Bonchev–Trinajstić information content (AvgIpc) is 2.42. The fraction of sp³-hybridized carbons (Fsp3) is 0.500. The SMILES string of the molecule is COc1cccc(C(=O)NC(CN)C(C)C)c1OC. The normalized spacial score (nSPS) is 12.1. The Bertz CT molecular complexity index is 433. The topological polar surface area (TPSA) is 73.6 Å². The summed E-state index contributed by atoms with van der Waals surface area (Å²) in [7, 11) is 3.05. The van der Waals surface area contributed by atoms with Gasteiger partial charge in [0.15, 0.2) is 11.5 Å². The van der Waals surface area contributed by atoms with Crippen molar-refractivity contribution in [3.05, 3.63) is 23.8 Å². The van der Waals surface area contributed by atoms with Crippen LogP contribution in [0.25, 0.3) is 0 Å². The van der Waals surface area contributed by atoms with Crippen LogP contribution < -0.4 is 20.5 Å². The maximum atomic E-state index is 12.3. The van der Waals surface area contributed by atoms with Gasteiger partial charge in [0.2, 0.25) is 0 Å². The summed E-state index contributed by atoms with van der Waals surface area (Å²) in [5.41, 5.74) is 6.10. The minimum atomic E-state index is -0.208. The number of para-hydroxylation sites is 1. The van der Waals surface area contributed by atoms with Crippen LogP contribution in [0.1, 0.15) is 24.2 Å². The Morgan fingerprint density at radius 3 is 2.47 bits per heavy atom. The van der Waals surface area contributed by atoms with Crippen molar-refractivity contribution in [2.75, 3.05) is 20.8 Å². The summed E-state index contributed by atoms with van der Waals surface area (Å²) in [5.74, 6) is 1.02. The number of amides is 1. The highest BCUT2D eigenvalue weighted by Crippen LogP contribution is 2.30. The molecule has 3 N–H and O–H groups in total. The molecule has 0 fully saturated rings. The Morgan fingerprint density at radius 1 is 1.32 bits per heavy atom. The number of nitrogens with two attached hydrogens (primary N) is 1. The number of nitrogens with one attached hydrogen (secondary N) is 1. The highest BCUT2D eigenvalue weighted by molar-refractivity contribution is 5.98. The van der Waals surface area contributed by atoms with E-state index in [1.165, 1.54) is 14.2 Å². The lowest BCUT2D eigenvalue weighted by molar-refractivity contribution is 0.0924. The molecule has 0 aromatic heterocycles. The van der Waals surface area contributed by atoms with Crippen LogP contribution in [0.4, 0.5) is 0 Å². The third-order valence-electron chi connectivity index (χ3n) is 3.02. The lowest BCUT2D eigenvalue weighted by Crippen LogP contribution is -2.43. The van der Waals surface area contributed by atoms with Crippen LogP contribution in [0, 0.1) is 5.92 Å². The zero-order valence-corrected chi connectivity index (χ0v) is 11.9. The minimum Gasteiger partial charge on any atom is -0.493 e. The molecule has 1 atom stereocenters. The number of carbonyl (C=O) groups is 1. The molecule has 0 aliphatic carbocycles. The van der Waals surface area contributed by atoms with E-state index in [-0.39, 0.29) is 17.9 Å². The number of ether oxygens (including phenoxy) is 2. The van der Waals surface area contributed by atoms with E-state index in [1.807, 2.05) is 13.8 Å². The summed E-state index contributed by atoms with van der Waals surface area (Å²) in [6.45, 7) is 4.43. The molecule has 0 saturated carbocycles. The van der Waals surface area contributed by atoms with Crippen molar-refractivity contribution in [3.63, 3.8) is 0 Å². The van der Waals surface area contributed by atoms with Crippen molar-refractivity contribution < 1.29 is 14.3 Å². The van der Waals surface area contributed by atoms with Crippen LogP contribution in [0.15, 0.2) is 18.2 Å². The number of rotatable bonds is 6. The fourth-order valence-corrected chi connectivity index (χ4v) is 1.81. The summed E-state index contributed by atoms with van der Waals surface area (Å²) < 4.78 is 10.4. The molecule has 1 amide bonds. The van der Waals surface area contributed by atoms with Gasteiger partial charge >= 0.3 is 0 Å². The Balaban J connectivity index is 2.99. The highest BCUT2D eigenvalue weighted by Gasteiger charge is 2.20. The maximum absolute atomic E-state index is 12.3. The monoisotopic (exact) mass is 266 g/mol. The Hall–Kier alpha value is -1.75. The molecule has 19 heavy (non-hydrogen) atoms. The van der Waals surface area contributed by atoms with Gasteiger partial charge in [0.1, 0.15) is 0 Å². The molecule has 1 aromatic carbocycles. The quantitative estimate of drug-likeness (QED) is 0.816. The summed E-state index contributed by atoms with van der Waals surface area (Å²) in [5, 5.41) is 2.91. The third kappa shape index (κ3) is 3.61. The Kier molecular flexibility index (Phi) is 5.63. The molecular formula is C14H22N2O3. The molecule has 0 heterocycles. The molecule has 0 bridgehead atoms. The molecular weight excluding hydrogens is 244 g/mol. The molecule has 106 valence electrons. The minimum absolute atomic E-state index is 0.0663. The first-order chi connectivity index (χ1) is 9.04. The largest absolute Gasteiger partial charge is 0.493 e. The van der Waals surface area contributed by atoms with E-state index in [1.54, 1.807) is 18.2 Å². The van der Waals surface area contributed by atoms with Crippen LogP contribution in [0.2, 0.25) is 0 Å². The van der Waals surface area contributed by atoms with Crippen molar-refractivity contribution in [1.29, 1.82) is 0 Å². The first-order valence-electron chi connectivity index (χ1n) is 6.27. The predicted molar refractivity (Wildman–Crippen MR) is 74.7 cm³/mol. The lowest BCUT2D eigenvalue weighted by Gasteiger charge is -2.21. The molecule has 0 aliphatic heterocycles. The molecule has 0 saturated heterocycles. The summed E-state index contributed by atoms with van der Waals surface area (Å²) >= 11 is 0. The van der Waals surface area contributed by atoms with Gasteiger partial charge in [0.25, 0.3) is 5.91 Å². The van der Waals surface area contributed by atoms with Gasteiger partial charge < -0.3 is 20.5 Å². The van der Waals surface area contributed by atoms with Gasteiger partial charge in [-0.25, -0.2) is 0 Å². The van der Waals surface area contributed by atoms with Crippen molar-refractivity contribution in [3.8, 4) is 11.5 Å². The molecule has 5 heteroatoms. The van der Waals surface area contributed by atoms with E-state index in [0.717, 1.165) is 0 Å². The number of carbonyl (C=O) groups excluding carboxylic acids is 1. The van der Waals surface area contributed by atoms with Crippen molar-refractivity contribution in [1.82, 2.24) is 5.32 Å². The van der Waals surface area contributed by atoms with E-state index in [9.17, 15) is 4.79 Å². The van der Waals surface area contributed by atoms with Crippen LogP contribution in [0.5, 0.6) is 11.5 Å². The smallest absolute Gasteiger partial charge is 0.255 e. The van der Waals surface area contributed by atoms with Crippen molar-refractivity contribution in [2.45, 2.75) is 19.9 Å². The average molecular weight is 266 g/mol. The molecule has 1 rings (SSSR count).